The molecule has 0 spiro atoms. The summed E-state index contributed by atoms with van der Waals surface area (Å²) in [7, 11) is 1.61. The predicted molar refractivity (Wildman–Crippen MR) is 90.7 cm³/mol. The fraction of sp³-hybridized carbons (Fsp3) is 0.316. The summed E-state index contributed by atoms with van der Waals surface area (Å²) in [4.78, 5) is 12.4. The molecule has 2 aromatic carbocycles. The van der Waals surface area contributed by atoms with Gasteiger partial charge in [-0.25, -0.2) is 0 Å². The van der Waals surface area contributed by atoms with Crippen molar-refractivity contribution in [2.24, 2.45) is 0 Å². The normalized spacial score (nSPS) is 13.0. The van der Waals surface area contributed by atoms with E-state index in [0.717, 1.165) is 11.3 Å². The molecule has 2 aromatic rings. The molecule has 0 aromatic heterocycles. The molecule has 2 rings (SSSR count). The third kappa shape index (κ3) is 4.74. The maximum absolute atomic E-state index is 12.4. The Morgan fingerprint density at radius 1 is 1.04 bits per heavy atom. The summed E-state index contributed by atoms with van der Waals surface area (Å²) in [6.07, 6.45) is 0.0777. The zero-order chi connectivity index (χ0) is 16.7. The fourth-order valence-corrected chi connectivity index (χ4v) is 2.27. The highest BCUT2D eigenvalue weighted by Crippen LogP contribution is 2.19. The van der Waals surface area contributed by atoms with Crippen LogP contribution >= 0.6 is 0 Å². The Kier molecular flexibility index (Phi) is 6.03. The Labute approximate surface area is 137 Å². The van der Waals surface area contributed by atoms with Crippen molar-refractivity contribution in [3.05, 3.63) is 60.2 Å². The molecule has 2 unspecified atom stereocenters. The van der Waals surface area contributed by atoms with Gasteiger partial charge in [-0.15, -0.1) is 0 Å². The van der Waals surface area contributed by atoms with Crippen LogP contribution in [0.1, 0.15) is 31.9 Å². The Morgan fingerprint density at radius 2 is 1.65 bits per heavy atom. The fourth-order valence-electron chi connectivity index (χ4n) is 2.27. The Hall–Kier alpha value is -2.49. The molecular weight excluding hydrogens is 290 g/mol. The van der Waals surface area contributed by atoms with E-state index in [-0.39, 0.29) is 11.9 Å². The van der Waals surface area contributed by atoms with E-state index >= 15 is 0 Å². The number of ether oxygens (including phenoxy) is 2. The second-order valence-electron chi connectivity index (χ2n) is 5.33. The van der Waals surface area contributed by atoms with Crippen molar-refractivity contribution in [1.29, 1.82) is 0 Å². The second kappa shape index (κ2) is 8.22. The Bertz CT molecular complexity index is 610. The van der Waals surface area contributed by atoms with Crippen LogP contribution < -0.4 is 14.8 Å². The molecule has 0 saturated carbocycles. The van der Waals surface area contributed by atoms with Crippen LogP contribution in [0.25, 0.3) is 0 Å². The van der Waals surface area contributed by atoms with Gasteiger partial charge in [-0.2, -0.15) is 0 Å². The molecule has 0 aliphatic heterocycles. The second-order valence-corrected chi connectivity index (χ2v) is 5.33. The van der Waals surface area contributed by atoms with Crippen LogP contribution in [-0.4, -0.2) is 19.1 Å². The summed E-state index contributed by atoms with van der Waals surface area (Å²) in [5.41, 5.74) is 1.07. The lowest BCUT2D eigenvalue weighted by Crippen LogP contribution is -2.39. The van der Waals surface area contributed by atoms with E-state index in [1.807, 2.05) is 56.3 Å². The van der Waals surface area contributed by atoms with Gasteiger partial charge in [0.25, 0.3) is 5.91 Å². The van der Waals surface area contributed by atoms with Crippen molar-refractivity contribution in [2.45, 2.75) is 32.4 Å². The first kappa shape index (κ1) is 16.9. The summed E-state index contributed by atoms with van der Waals surface area (Å²) in [5.74, 6) is 1.30. The SMILES string of the molecule is CCC(Oc1ccc(OC)cc1)C(=O)NC(C)c1ccccc1. The zero-order valence-corrected chi connectivity index (χ0v) is 13.8. The van der Waals surface area contributed by atoms with E-state index in [9.17, 15) is 4.79 Å². The van der Waals surface area contributed by atoms with E-state index < -0.39 is 6.10 Å². The molecule has 122 valence electrons. The molecule has 0 aliphatic carbocycles. The minimum Gasteiger partial charge on any atom is -0.497 e. The van der Waals surface area contributed by atoms with Gasteiger partial charge in [0.2, 0.25) is 0 Å². The average Bonchev–Trinajstić information content (AvgIpc) is 2.60. The van der Waals surface area contributed by atoms with Crippen LogP contribution in [0.15, 0.2) is 54.6 Å². The summed E-state index contributed by atoms with van der Waals surface area (Å²) in [5, 5.41) is 3.00. The molecule has 4 nitrogen and oxygen atoms in total. The van der Waals surface area contributed by atoms with Crippen LogP contribution in [0.2, 0.25) is 0 Å². The first-order chi connectivity index (χ1) is 11.1. The summed E-state index contributed by atoms with van der Waals surface area (Å²) >= 11 is 0. The average molecular weight is 313 g/mol. The molecule has 0 saturated heterocycles. The van der Waals surface area contributed by atoms with Gasteiger partial charge < -0.3 is 14.8 Å². The van der Waals surface area contributed by atoms with Crippen LogP contribution in [0.4, 0.5) is 0 Å². The Balaban J connectivity index is 1.97. The molecule has 2 atom stereocenters. The third-order valence-corrected chi connectivity index (χ3v) is 3.66. The van der Waals surface area contributed by atoms with Gasteiger partial charge in [-0.05, 0) is 43.2 Å². The summed E-state index contributed by atoms with van der Waals surface area (Å²) in [6.45, 7) is 3.90. The highest BCUT2D eigenvalue weighted by molar-refractivity contribution is 5.81. The largest absolute Gasteiger partial charge is 0.497 e. The zero-order valence-electron chi connectivity index (χ0n) is 13.8. The molecule has 1 amide bonds. The van der Waals surface area contributed by atoms with Crippen LogP contribution in [0.5, 0.6) is 11.5 Å². The molecule has 23 heavy (non-hydrogen) atoms. The predicted octanol–water partition coefficient (Wildman–Crippen LogP) is 3.73. The smallest absolute Gasteiger partial charge is 0.261 e. The maximum atomic E-state index is 12.4. The number of hydrogen-bond donors (Lipinski definition) is 1. The molecular formula is C19H23NO3. The maximum Gasteiger partial charge on any atom is 0.261 e. The van der Waals surface area contributed by atoms with Crippen molar-refractivity contribution in [1.82, 2.24) is 5.32 Å². The Morgan fingerprint density at radius 3 is 2.22 bits per heavy atom. The third-order valence-electron chi connectivity index (χ3n) is 3.66. The van der Waals surface area contributed by atoms with Gasteiger partial charge in [0.15, 0.2) is 6.10 Å². The van der Waals surface area contributed by atoms with Gasteiger partial charge in [-0.1, -0.05) is 37.3 Å². The van der Waals surface area contributed by atoms with Crippen LogP contribution in [-0.2, 0) is 4.79 Å². The van der Waals surface area contributed by atoms with E-state index in [1.54, 1.807) is 19.2 Å². The number of rotatable bonds is 7. The molecule has 0 fully saturated rings. The van der Waals surface area contributed by atoms with E-state index in [2.05, 4.69) is 5.32 Å². The highest BCUT2D eigenvalue weighted by atomic mass is 16.5. The number of hydrogen-bond acceptors (Lipinski definition) is 3. The van der Waals surface area contributed by atoms with Gasteiger partial charge in [0.05, 0.1) is 13.2 Å². The first-order valence-electron chi connectivity index (χ1n) is 7.80. The highest BCUT2D eigenvalue weighted by Gasteiger charge is 2.20. The van der Waals surface area contributed by atoms with E-state index in [1.165, 1.54) is 0 Å². The minimum atomic E-state index is -0.519. The monoisotopic (exact) mass is 313 g/mol. The molecule has 4 heteroatoms. The van der Waals surface area contributed by atoms with Crippen molar-refractivity contribution < 1.29 is 14.3 Å². The van der Waals surface area contributed by atoms with Crippen LogP contribution in [0.3, 0.4) is 0 Å². The standard InChI is InChI=1S/C19H23NO3/c1-4-18(23-17-12-10-16(22-3)11-13-17)19(21)20-14(2)15-8-6-5-7-9-15/h5-14,18H,4H2,1-3H3,(H,20,21). The van der Waals surface area contributed by atoms with Crippen molar-refractivity contribution >= 4 is 5.91 Å². The quantitative estimate of drug-likeness (QED) is 0.847. The number of carbonyl (C=O) groups excluding carboxylic acids is 1. The molecule has 1 N–H and O–H groups in total. The lowest BCUT2D eigenvalue weighted by molar-refractivity contribution is -0.128. The van der Waals surface area contributed by atoms with Gasteiger partial charge >= 0.3 is 0 Å². The van der Waals surface area contributed by atoms with Gasteiger partial charge in [0.1, 0.15) is 11.5 Å². The van der Waals surface area contributed by atoms with E-state index in [0.29, 0.717) is 12.2 Å². The number of carbonyl (C=O) groups is 1. The minimum absolute atomic E-state index is 0.0581. The van der Waals surface area contributed by atoms with Crippen molar-refractivity contribution in [3.8, 4) is 11.5 Å². The molecule has 0 heterocycles. The van der Waals surface area contributed by atoms with Crippen molar-refractivity contribution in [2.75, 3.05) is 7.11 Å². The number of amides is 1. The number of benzene rings is 2. The molecule has 0 aliphatic rings. The van der Waals surface area contributed by atoms with Crippen molar-refractivity contribution in [3.63, 3.8) is 0 Å². The first-order valence-corrected chi connectivity index (χ1v) is 7.80. The lowest BCUT2D eigenvalue weighted by atomic mass is 10.1. The summed E-state index contributed by atoms with van der Waals surface area (Å²) in [6, 6.07) is 17.0. The van der Waals surface area contributed by atoms with E-state index in [4.69, 9.17) is 9.47 Å². The van der Waals surface area contributed by atoms with Crippen LogP contribution in [0, 0.1) is 0 Å². The number of nitrogens with one attached hydrogen (secondary N) is 1. The van der Waals surface area contributed by atoms with Gasteiger partial charge in [-0.3, -0.25) is 4.79 Å². The molecule has 0 bridgehead atoms. The summed E-state index contributed by atoms with van der Waals surface area (Å²) < 4.78 is 10.9. The molecule has 0 radical (unpaired) electrons. The lowest BCUT2D eigenvalue weighted by Gasteiger charge is -2.21. The van der Waals surface area contributed by atoms with Gasteiger partial charge in [0, 0.05) is 0 Å². The number of methoxy groups -OCH3 is 1. The topological polar surface area (TPSA) is 47.6 Å².